The van der Waals surface area contributed by atoms with E-state index >= 15 is 0 Å². The summed E-state index contributed by atoms with van der Waals surface area (Å²) in [5, 5.41) is 9.04. The Balaban J connectivity index is 1.54. The lowest BCUT2D eigenvalue weighted by atomic mass is 9.89. The molecule has 2 saturated heterocycles. The quantitative estimate of drug-likeness (QED) is 0.771. The SMILES string of the molecule is CCCN1C2COCC1CC(NC(=O)c1nn(C(CC)CC)c3ccccc13)C2. The van der Waals surface area contributed by atoms with Crippen LogP contribution in [0.4, 0.5) is 0 Å². The van der Waals surface area contributed by atoms with Gasteiger partial charge in [0.2, 0.25) is 0 Å². The van der Waals surface area contributed by atoms with Gasteiger partial charge in [0.1, 0.15) is 0 Å². The molecule has 1 aromatic heterocycles. The molecule has 2 aromatic rings. The largest absolute Gasteiger partial charge is 0.378 e. The van der Waals surface area contributed by atoms with Gasteiger partial charge in [-0.2, -0.15) is 5.10 Å². The van der Waals surface area contributed by atoms with Crippen LogP contribution in [0.5, 0.6) is 0 Å². The smallest absolute Gasteiger partial charge is 0.272 e. The van der Waals surface area contributed by atoms with Crippen LogP contribution < -0.4 is 5.32 Å². The summed E-state index contributed by atoms with van der Waals surface area (Å²) in [5.41, 5.74) is 1.61. The fourth-order valence-electron chi connectivity index (χ4n) is 5.15. The van der Waals surface area contributed by atoms with Crippen molar-refractivity contribution < 1.29 is 9.53 Å². The van der Waals surface area contributed by atoms with E-state index in [4.69, 9.17) is 9.84 Å². The van der Waals surface area contributed by atoms with Gasteiger partial charge in [0.25, 0.3) is 5.91 Å². The first-order chi connectivity index (χ1) is 14.2. The van der Waals surface area contributed by atoms with Gasteiger partial charge < -0.3 is 10.1 Å². The summed E-state index contributed by atoms with van der Waals surface area (Å²) in [5.74, 6) is -0.0427. The van der Waals surface area contributed by atoms with Crippen LogP contribution in [0.15, 0.2) is 24.3 Å². The number of morpholine rings is 1. The van der Waals surface area contributed by atoms with Crippen LogP contribution in [0.2, 0.25) is 0 Å². The van der Waals surface area contributed by atoms with E-state index < -0.39 is 0 Å². The van der Waals surface area contributed by atoms with Crippen LogP contribution in [-0.4, -0.2) is 58.5 Å². The lowest BCUT2D eigenvalue weighted by molar-refractivity contribution is -0.0797. The molecule has 0 radical (unpaired) electrons. The molecule has 2 bridgehead atoms. The average molecular weight is 399 g/mol. The highest BCUT2D eigenvalue weighted by molar-refractivity contribution is 6.05. The summed E-state index contributed by atoms with van der Waals surface area (Å²) in [6.45, 7) is 9.24. The van der Waals surface area contributed by atoms with Gasteiger partial charge in [0.15, 0.2) is 5.69 Å². The van der Waals surface area contributed by atoms with Gasteiger partial charge in [-0.1, -0.05) is 39.0 Å². The Morgan fingerprint density at radius 1 is 1.17 bits per heavy atom. The number of aromatic nitrogens is 2. The summed E-state index contributed by atoms with van der Waals surface area (Å²) in [4.78, 5) is 15.8. The molecule has 2 unspecified atom stereocenters. The van der Waals surface area contributed by atoms with Gasteiger partial charge in [-0.15, -0.1) is 0 Å². The number of nitrogens with zero attached hydrogens (tertiary/aromatic N) is 3. The number of carbonyl (C=O) groups excluding carboxylic acids is 1. The monoisotopic (exact) mass is 398 g/mol. The maximum atomic E-state index is 13.2. The van der Waals surface area contributed by atoms with Gasteiger partial charge in [0, 0.05) is 23.5 Å². The first-order valence-corrected chi connectivity index (χ1v) is 11.3. The van der Waals surface area contributed by atoms with Crippen molar-refractivity contribution in [1.29, 1.82) is 0 Å². The Kier molecular flexibility index (Phi) is 6.20. The average Bonchev–Trinajstić information content (AvgIpc) is 3.10. The summed E-state index contributed by atoms with van der Waals surface area (Å²) in [6.07, 6.45) is 5.06. The molecular weight excluding hydrogens is 364 g/mol. The molecule has 4 rings (SSSR count). The Labute approximate surface area is 173 Å². The van der Waals surface area contributed by atoms with E-state index in [0.29, 0.717) is 23.8 Å². The standard InChI is InChI=1S/C23H34N4O2/c1-4-11-26-18-12-16(13-19(26)15-29-14-18)24-23(28)22-20-9-7-8-10-21(20)27(25-22)17(5-2)6-3/h7-10,16-19H,4-6,11-15H2,1-3H3,(H,24,28). The van der Waals surface area contributed by atoms with Crippen molar-refractivity contribution in [2.45, 2.75) is 77.0 Å². The molecule has 29 heavy (non-hydrogen) atoms. The molecule has 6 heteroatoms. The zero-order valence-corrected chi connectivity index (χ0v) is 17.9. The van der Waals surface area contributed by atoms with E-state index in [0.717, 1.165) is 62.8 Å². The number of fused-ring (bicyclic) bond motifs is 3. The highest BCUT2D eigenvalue weighted by atomic mass is 16.5. The van der Waals surface area contributed by atoms with Gasteiger partial charge in [-0.05, 0) is 44.7 Å². The molecular formula is C23H34N4O2. The molecule has 2 aliphatic heterocycles. The normalized spacial score (nSPS) is 24.9. The minimum atomic E-state index is -0.0427. The van der Waals surface area contributed by atoms with Crippen molar-refractivity contribution in [3.05, 3.63) is 30.0 Å². The van der Waals surface area contributed by atoms with Crippen LogP contribution in [0.25, 0.3) is 10.9 Å². The second-order valence-electron chi connectivity index (χ2n) is 8.51. The van der Waals surface area contributed by atoms with Gasteiger partial charge in [-0.25, -0.2) is 0 Å². The van der Waals surface area contributed by atoms with Crippen LogP contribution in [-0.2, 0) is 4.74 Å². The molecule has 1 amide bonds. The Morgan fingerprint density at radius 3 is 2.52 bits per heavy atom. The zero-order valence-electron chi connectivity index (χ0n) is 17.9. The zero-order chi connectivity index (χ0) is 20.4. The molecule has 6 nitrogen and oxygen atoms in total. The van der Waals surface area contributed by atoms with Gasteiger partial charge >= 0.3 is 0 Å². The number of nitrogens with one attached hydrogen (secondary N) is 1. The lowest BCUT2D eigenvalue weighted by Crippen LogP contribution is -2.60. The van der Waals surface area contributed by atoms with E-state index in [2.05, 4.69) is 41.7 Å². The topological polar surface area (TPSA) is 59.4 Å². The molecule has 1 aromatic carbocycles. The fourth-order valence-corrected chi connectivity index (χ4v) is 5.15. The summed E-state index contributed by atoms with van der Waals surface area (Å²) < 4.78 is 7.85. The van der Waals surface area contributed by atoms with E-state index in [1.54, 1.807) is 0 Å². The Morgan fingerprint density at radius 2 is 1.86 bits per heavy atom. The molecule has 2 fully saturated rings. The van der Waals surface area contributed by atoms with E-state index in [-0.39, 0.29) is 11.9 Å². The molecule has 0 spiro atoms. The van der Waals surface area contributed by atoms with Crippen molar-refractivity contribution in [3.63, 3.8) is 0 Å². The van der Waals surface area contributed by atoms with Crippen LogP contribution in [0, 0.1) is 0 Å². The number of hydrogen-bond acceptors (Lipinski definition) is 4. The van der Waals surface area contributed by atoms with E-state index in [1.807, 2.05) is 18.2 Å². The predicted molar refractivity (Wildman–Crippen MR) is 115 cm³/mol. The number of benzene rings is 1. The molecule has 2 atom stereocenters. The molecule has 3 heterocycles. The summed E-state index contributed by atoms with van der Waals surface area (Å²) >= 11 is 0. The fraction of sp³-hybridized carbons (Fsp3) is 0.652. The van der Waals surface area contributed by atoms with Gasteiger partial charge in [0.05, 0.1) is 24.8 Å². The third kappa shape index (κ3) is 3.92. The van der Waals surface area contributed by atoms with Crippen LogP contribution in [0.3, 0.4) is 0 Å². The van der Waals surface area contributed by atoms with Crippen LogP contribution in [0.1, 0.15) is 69.4 Å². The second kappa shape index (κ2) is 8.84. The minimum absolute atomic E-state index is 0.0427. The third-order valence-corrected chi connectivity index (χ3v) is 6.61. The minimum Gasteiger partial charge on any atom is -0.378 e. The number of carbonyl (C=O) groups is 1. The number of hydrogen-bond donors (Lipinski definition) is 1. The van der Waals surface area contributed by atoms with Crippen molar-refractivity contribution in [2.75, 3.05) is 19.8 Å². The molecule has 1 N–H and O–H groups in total. The number of para-hydroxylation sites is 1. The Hall–Kier alpha value is -1.92. The second-order valence-corrected chi connectivity index (χ2v) is 8.51. The van der Waals surface area contributed by atoms with Gasteiger partial charge in [-0.3, -0.25) is 14.4 Å². The van der Waals surface area contributed by atoms with Crippen molar-refractivity contribution in [1.82, 2.24) is 20.0 Å². The van der Waals surface area contributed by atoms with Crippen molar-refractivity contribution in [2.24, 2.45) is 0 Å². The number of amides is 1. The Bertz CT molecular complexity index is 831. The predicted octanol–water partition coefficient (Wildman–Crippen LogP) is 3.77. The number of ether oxygens (including phenoxy) is 1. The molecule has 0 aliphatic carbocycles. The molecule has 0 saturated carbocycles. The number of piperidine rings is 1. The highest BCUT2D eigenvalue weighted by Gasteiger charge is 2.39. The maximum absolute atomic E-state index is 13.2. The lowest BCUT2D eigenvalue weighted by Gasteiger charge is -2.48. The van der Waals surface area contributed by atoms with Crippen LogP contribution >= 0.6 is 0 Å². The summed E-state index contributed by atoms with van der Waals surface area (Å²) in [6, 6.07) is 9.42. The van der Waals surface area contributed by atoms with Crippen molar-refractivity contribution >= 4 is 16.8 Å². The highest BCUT2D eigenvalue weighted by Crippen LogP contribution is 2.29. The number of rotatable bonds is 7. The van der Waals surface area contributed by atoms with E-state index in [1.165, 1.54) is 0 Å². The summed E-state index contributed by atoms with van der Waals surface area (Å²) in [7, 11) is 0. The van der Waals surface area contributed by atoms with Crippen molar-refractivity contribution in [3.8, 4) is 0 Å². The third-order valence-electron chi connectivity index (χ3n) is 6.61. The van der Waals surface area contributed by atoms with E-state index in [9.17, 15) is 4.79 Å². The first kappa shape index (κ1) is 20.4. The maximum Gasteiger partial charge on any atom is 0.272 e. The molecule has 2 aliphatic rings. The first-order valence-electron chi connectivity index (χ1n) is 11.3. The molecule has 158 valence electrons.